The number of H-pyrrole nitrogens is 1. The van der Waals surface area contributed by atoms with Crippen LogP contribution in [0.1, 0.15) is 20.7 Å². The molecule has 1 fully saturated rings. The van der Waals surface area contributed by atoms with Crippen molar-refractivity contribution in [3.8, 4) is 16.3 Å². The molecule has 0 saturated carbocycles. The van der Waals surface area contributed by atoms with Gasteiger partial charge in [0.1, 0.15) is 11.4 Å². The lowest BCUT2D eigenvalue weighted by atomic mass is 10.1. The zero-order chi connectivity index (χ0) is 23.7. The number of ether oxygens (including phenoxy) is 1. The van der Waals surface area contributed by atoms with Crippen LogP contribution in [0.4, 0.5) is 0 Å². The fourth-order valence-electron chi connectivity index (χ4n) is 4.11. The van der Waals surface area contributed by atoms with Crippen molar-refractivity contribution in [2.24, 2.45) is 0 Å². The molecular formula is C24H21N5O4S. The fraction of sp³-hybridized carbons (Fsp3) is 0.208. The summed E-state index contributed by atoms with van der Waals surface area (Å²) in [5.41, 5.74) is 3.78. The summed E-state index contributed by atoms with van der Waals surface area (Å²) in [4.78, 5) is 54.7. The van der Waals surface area contributed by atoms with Gasteiger partial charge in [-0.3, -0.25) is 19.4 Å². The number of nitrogens with one attached hydrogen (secondary N) is 1. The van der Waals surface area contributed by atoms with Crippen LogP contribution in [0.5, 0.6) is 5.75 Å². The van der Waals surface area contributed by atoms with Crippen molar-refractivity contribution < 1.29 is 19.1 Å². The highest BCUT2D eigenvalue weighted by molar-refractivity contribution is 7.13. The van der Waals surface area contributed by atoms with Gasteiger partial charge in [0, 0.05) is 44.1 Å². The Kier molecular flexibility index (Phi) is 5.81. The molecule has 0 bridgehead atoms. The van der Waals surface area contributed by atoms with Crippen LogP contribution in [-0.2, 0) is 4.79 Å². The molecule has 1 aromatic carbocycles. The summed E-state index contributed by atoms with van der Waals surface area (Å²) in [6, 6.07) is 9.02. The van der Waals surface area contributed by atoms with E-state index in [-0.39, 0.29) is 24.6 Å². The number of aromatic amines is 1. The number of amides is 2. The SMILES string of the molecule is COc1cnc(-c2cncs2)c2[nH]cc(C(=O)C(=O)N3CCN(C(=O)c4ccccc4)CC3)c12. The van der Waals surface area contributed by atoms with Crippen molar-refractivity contribution >= 4 is 39.8 Å². The highest BCUT2D eigenvalue weighted by Crippen LogP contribution is 2.35. The Balaban J connectivity index is 1.36. The number of carbonyl (C=O) groups excluding carboxylic acids is 3. The number of Topliss-reactive ketones (excluding diaryl/α,β-unsaturated/α-hetero) is 1. The second-order valence-corrected chi connectivity index (χ2v) is 8.66. The van der Waals surface area contributed by atoms with Gasteiger partial charge >= 0.3 is 0 Å². The van der Waals surface area contributed by atoms with Crippen molar-refractivity contribution in [3.05, 3.63) is 65.6 Å². The summed E-state index contributed by atoms with van der Waals surface area (Å²) in [5, 5.41) is 0.511. The highest BCUT2D eigenvalue weighted by Gasteiger charge is 2.31. The zero-order valence-corrected chi connectivity index (χ0v) is 19.2. The molecule has 9 nitrogen and oxygen atoms in total. The van der Waals surface area contributed by atoms with E-state index in [1.165, 1.54) is 29.5 Å². The minimum absolute atomic E-state index is 0.0801. The molecule has 3 aromatic heterocycles. The number of nitrogens with zero attached hydrogens (tertiary/aromatic N) is 4. The Hall–Kier alpha value is -4.05. The van der Waals surface area contributed by atoms with Crippen LogP contribution in [0.25, 0.3) is 21.5 Å². The number of fused-ring (bicyclic) bond motifs is 1. The first kappa shape index (κ1) is 21.8. The van der Waals surface area contributed by atoms with Crippen molar-refractivity contribution in [3.63, 3.8) is 0 Å². The maximum Gasteiger partial charge on any atom is 0.295 e. The van der Waals surface area contributed by atoms with E-state index in [2.05, 4.69) is 15.0 Å². The molecule has 1 aliphatic rings. The molecule has 0 radical (unpaired) electrons. The van der Waals surface area contributed by atoms with Crippen LogP contribution in [0.15, 0.2) is 54.4 Å². The number of piperazine rings is 1. The van der Waals surface area contributed by atoms with Gasteiger partial charge in [0.05, 0.1) is 40.2 Å². The summed E-state index contributed by atoms with van der Waals surface area (Å²) < 4.78 is 5.44. The van der Waals surface area contributed by atoms with Gasteiger partial charge in [0.2, 0.25) is 0 Å². The monoisotopic (exact) mass is 475 g/mol. The van der Waals surface area contributed by atoms with Crippen LogP contribution in [-0.4, -0.2) is 75.6 Å². The Morgan fingerprint density at radius 1 is 1.03 bits per heavy atom. The van der Waals surface area contributed by atoms with Crippen LogP contribution in [0.3, 0.4) is 0 Å². The standard InChI is InChI=1S/C24H21N5O4S/c1-33-17-12-27-20(18-13-25-14-34-18)21-19(17)16(11-26-21)22(30)24(32)29-9-7-28(8-10-29)23(31)15-5-3-2-4-6-15/h2-6,11-14,26H,7-10H2,1H3. The molecule has 0 spiro atoms. The predicted octanol–water partition coefficient (Wildman–Crippen LogP) is 2.86. The van der Waals surface area contributed by atoms with Gasteiger partial charge in [0.15, 0.2) is 0 Å². The van der Waals surface area contributed by atoms with E-state index >= 15 is 0 Å². The second-order valence-electron chi connectivity index (χ2n) is 7.77. The first-order chi connectivity index (χ1) is 16.6. The number of pyridine rings is 1. The van der Waals surface area contributed by atoms with E-state index in [9.17, 15) is 14.4 Å². The van der Waals surface area contributed by atoms with Crippen molar-refractivity contribution in [1.29, 1.82) is 0 Å². The molecule has 4 aromatic rings. The number of benzene rings is 1. The van der Waals surface area contributed by atoms with Gasteiger partial charge in [-0.15, -0.1) is 11.3 Å². The van der Waals surface area contributed by atoms with Crippen molar-refractivity contribution in [2.45, 2.75) is 0 Å². The van der Waals surface area contributed by atoms with Gasteiger partial charge in [0.25, 0.3) is 17.6 Å². The lowest BCUT2D eigenvalue weighted by Crippen LogP contribution is -2.52. The fourth-order valence-corrected chi connectivity index (χ4v) is 4.73. The Labute approximate surface area is 199 Å². The van der Waals surface area contributed by atoms with E-state index in [0.29, 0.717) is 41.0 Å². The zero-order valence-electron chi connectivity index (χ0n) is 18.4. The number of rotatable bonds is 5. The first-order valence-corrected chi connectivity index (χ1v) is 11.6. The molecule has 2 amide bonds. The van der Waals surface area contributed by atoms with Crippen LogP contribution < -0.4 is 4.74 Å². The molecule has 0 unspecified atom stereocenters. The van der Waals surface area contributed by atoms with Crippen molar-refractivity contribution in [1.82, 2.24) is 24.8 Å². The van der Waals surface area contributed by atoms with E-state index in [1.54, 1.807) is 34.9 Å². The topological polar surface area (TPSA) is 108 Å². The number of thiazole rings is 1. The maximum atomic E-state index is 13.2. The van der Waals surface area contributed by atoms with E-state index in [1.807, 2.05) is 18.2 Å². The summed E-state index contributed by atoms with van der Waals surface area (Å²) in [5.74, 6) is -0.915. The molecule has 172 valence electrons. The largest absolute Gasteiger partial charge is 0.494 e. The van der Waals surface area contributed by atoms with Gasteiger partial charge in [-0.1, -0.05) is 18.2 Å². The molecule has 0 aliphatic carbocycles. The maximum absolute atomic E-state index is 13.2. The normalized spacial score (nSPS) is 13.8. The predicted molar refractivity (Wildman–Crippen MR) is 127 cm³/mol. The van der Waals surface area contributed by atoms with Gasteiger partial charge in [-0.05, 0) is 12.1 Å². The smallest absolute Gasteiger partial charge is 0.295 e. The molecule has 1 saturated heterocycles. The lowest BCUT2D eigenvalue weighted by Gasteiger charge is -2.34. The average Bonchev–Trinajstić information content (AvgIpc) is 3.58. The Morgan fingerprint density at radius 2 is 1.76 bits per heavy atom. The Bertz CT molecular complexity index is 1360. The second kappa shape index (κ2) is 9.06. The van der Waals surface area contributed by atoms with E-state index < -0.39 is 11.7 Å². The minimum Gasteiger partial charge on any atom is -0.494 e. The number of ketones is 1. The van der Waals surface area contributed by atoms with Gasteiger partial charge in [-0.2, -0.15) is 0 Å². The summed E-state index contributed by atoms with van der Waals surface area (Å²) in [6.07, 6.45) is 4.76. The van der Waals surface area contributed by atoms with Crippen LogP contribution >= 0.6 is 11.3 Å². The summed E-state index contributed by atoms with van der Waals surface area (Å²) in [6.45, 7) is 1.30. The van der Waals surface area contributed by atoms with Gasteiger partial charge in [-0.25, -0.2) is 4.98 Å². The van der Waals surface area contributed by atoms with Crippen molar-refractivity contribution in [2.75, 3.05) is 33.3 Å². The third-order valence-corrected chi connectivity index (χ3v) is 6.65. The lowest BCUT2D eigenvalue weighted by molar-refractivity contribution is -0.127. The van der Waals surface area contributed by atoms with Gasteiger partial charge < -0.3 is 19.5 Å². The van der Waals surface area contributed by atoms with Crippen LogP contribution in [0.2, 0.25) is 0 Å². The third kappa shape index (κ3) is 3.81. The molecule has 10 heteroatoms. The Morgan fingerprint density at radius 3 is 2.44 bits per heavy atom. The molecule has 34 heavy (non-hydrogen) atoms. The number of hydrogen-bond donors (Lipinski definition) is 1. The first-order valence-electron chi connectivity index (χ1n) is 10.7. The number of methoxy groups -OCH3 is 1. The highest BCUT2D eigenvalue weighted by atomic mass is 32.1. The summed E-state index contributed by atoms with van der Waals surface area (Å²) >= 11 is 1.43. The molecular weight excluding hydrogens is 454 g/mol. The third-order valence-electron chi connectivity index (χ3n) is 5.87. The molecule has 1 aliphatic heterocycles. The molecule has 4 heterocycles. The molecule has 1 N–H and O–H groups in total. The number of hydrogen-bond acceptors (Lipinski definition) is 7. The summed E-state index contributed by atoms with van der Waals surface area (Å²) in [7, 11) is 1.49. The minimum atomic E-state index is -0.631. The number of aromatic nitrogens is 3. The van der Waals surface area contributed by atoms with E-state index in [4.69, 9.17) is 4.74 Å². The average molecular weight is 476 g/mol. The van der Waals surface area contributed by atoms with Crippen LogP contribution in [0, 0.1) is 0 Å². The molecule has 0 atom stereocenters. The molecule has 5 rings (SSSR count). The van der Waals surface area contributed by atoms with E-state index in [0.717, 1.165) is 4.88 Å². The quantitative estimate of drug-likeness (QED) is 0.351. The number of carbonyl (C=O) groups is 3.